The van der Waals surface area contributed by atoms with Crippen LogP contribution < -0.4 is 16.3 Å². The van der Waals surface area contributed by atoms with Crippen molar-refractivity contribution in [2.75, 3.05) is 5.32 Å². The fourth-order valence-corrected chi connectivity index (χ4v) is 4.70. The summed E-state index contributed by atoms with van der Waals surface area (Å²) in [4.78, 5) is 42.5. The molecule has 0 amide bonds. The first-order chi connectivity index (χ1) is 18.1. The minimum atomic E-state index is -0.378. The second-order valence-corrected chi connectivity index (χ2v) is 8.71. The lowest BCUT2D eigenvalue weighted by atomic mass is 9.99. The van der Waals surface area contributed by atoms with Gasteiger partial charge in [-0.1, -0.05) is 42.5 Å². The van der Waals surface area contributed by atoms with Crippen molar-refractivity contribution in [3.05, 3.63) is 124 Å². The SMILES string of the molecule is C[C@H](Nc1ncnc2[nH]ccc(=O)c12)c1cc2cccc(-c3cccnc3)c2c(=O)n1-c1ccccc1. The number of hydrogen-bond acceptors (Lipinski definition) is 6. The van der Waals surface area contributed by atoms with Crippen LogP contribution in [0.5, 0.6) is 0 Å². The number of anilines is 1. The van der Waals surface area contributed by atoms with Gasteiger partial charge in [0.05, 0.1) is 11.4 Å². The summed E-state index contributed by atoms with van der Waals surface area (Å²) < 4.78 is 1.72. The number of hydrogen-bond donors (Lipinski definition) is 2. The summed E-state index contributed by atoms with van der Waals surface area (Å²) in [6.45, 7) is 1.94. The predicted octanol–water partition coefficient (Wildman–Crippen LogP) is 4.86. The van der Waals surface area contributed by atoms with Crippen molar-refractivity contribution in [1.29, 1.82) is 0 Å². The van der Waals surface area contributed by atoms with Gasteiger partial charge in [0.1, 0.15) is 23.2 Å². The second-order valence-electron chi connectivity index (χ2n) is 8.71. The maximum atomic E-state index is 14.2. The molecule has 2 N–H and O–H groups in total. The zero-order valence-corrected chi connectivity index (χ0v) is 19.9. The Hall–Kier alpha value is -5.11. The summed E-state index contributed by atoms with van der Waals surface area (Å²) in [5.41, 5.74) is 3.27. The number of pyridine rings is 3. The molecule has 0 bridgehead atoms. The molecule has 0 radical (unpaired) electrons. The van der Waals surface area contributed by atoms with Gasteiger partial charge in [0.25, 0.3) is 5.56 Å². The molecule has 4 aromatic heterocycles. The Bertz CT molecular complexity index is 1860. The van der Waals surface area contributed by atoms with Gasteiger partial charge in [-0.05, 0) is 42.1 Å². The van der Waals surface area contributed by atoms with E-state index >= 15 is 0 Å². The fraction of sp³-hybridized carbons (Fsp3) is 0.0690. The third-order valence-corrected chi connectivity index (χ3v) is 6.41. The molecule has 0 unspecified atom stereocenters. The van der Waals surface area contributed by atoms with E-state index in [0.717, 1.165) is 27.9 Å². The Morgan fingerprint density at radius 2 is 1.78 bits per heavy atom. The first kappa shape index (κ1) is 22.4. The highest BCUT2D eigenvalue weighted by Crippen LogP contribution is 2.30. The number of aromatic nitrogens is 5. The summed E-state index contributed by atoms with van der Waals surface area (Å²) in [6, 6.07) is 22.2. The van der Waals surface area contributed by atoms with Crippen LogP contribution in [-0.4, -0.2) is 24.5 Å². The van der Waals surface area contributed by atoms with Gasteiger partial charge in [0.15, 0.2) is 5.43 Å². The number of nitrogens with zero attached hydrogens (tertiary/aromatic N) is 4. The molecule has 8 heteroatoms. The van der Waals surface area contributed by atoms with Gasteiger partial charge in [0, 0.05) is 41.6 Å². The number of rotatable bonds is 5. The zero-order valence-electron chi connectivity index (χ0n) is 19.9. The van der Waals surface area contributed by atoms with Gasteiger partial charge in [-0.25, -0.2) is 9.97 Å². The number of benzene rings is 2. The van der Waals surface area contributed by atoms with Crippen LogP contribution in [0.2, 0.25) is 0 Å². The van der Waals surface area contributed by atoms with E-state index in [1.807, 2.05) is 73.7 Å². The third-order valence-electron chi connectivity index (χ3n) is 6.41. The molecule has 180 valence electrons. The molecule has 4 heterocycles. The zero-order chi connectivity index (χ0) is 25.4. The smallest absolute Gasteiger partial charge is 0.263 e. The highest BCUT2D eigenvalue weighted by atomic mass is 16.1. The van der Waals surface area contributed by atoms with Crippen molar-refractivity contribution < 1.29 is 0 Å². The average Bonchev–Trinajstić information content (AvgIpc) is 2.93. The van der Waals surface area contributed by atoms with E-state index in [1.54, 1.807) is 23.2 Å². The second kappa shape index (κ2) is 9.16. The molecule has 0 aliphatic heterocycles. The molecule has 0 spiro atoms. The molecule has 6 aromatic rings. The van der Waals surface area contributed by atoms with Crippen molar-refractivity contribution >= 4 is 27.6 Å². The molecule has 37 heavy (non-hydrogen) atoms. The van der Waals surface area contributed by atoms with Gasteiger partial charge in [0.2, 0.25) is 0 Å². The number of fused-ring (bicyclic) bond motifs is 2. The van der Waals surface area contributed by atoms with Gasteiger partial charge < -0.3 is 10.3 Å². The van der Waals surface area contributed by atoms with E-state index in [9.17, 15) is 9.59 Å². The standard InChI is InChI=1S/C29H22N6O2/c1-18(34-28-26-24(36)12-14-31-27(26)32-17-33-28)23-15-19-7-5-11-22(20-8-6-13-30-16-20)25(19)29(37)35(23)21-9-3-2-4-10-21/h2-18H,1H3,(H2,31,32,33,34,36)/t18-/m0/s1. The number of H-pyrrole nitrogens is 1. The largest absolute Gasteiger partial charge is 0.361 e. The number of aromatic amines is 1. The van der Waals surface area contributed by atoms with Crippen LogP contribution in [0.25, 0.3) is 38.6 Å². The Kier molecular flexibility index (Phi) is 5.54. The Morgan fingerprint density at radius 3 is 2.59 bits per heavy atom. The lowest BCUT2D eigenvalue weighted by Gasteiger charge is -2.22. The first-order valence-electron chi connectivity index (χ1n) is 11.9. The minimum Gasteiger partial charge on any atom is -0.361 e. The van der Waals surface area contributed by atoms with Gasteiger partial charge in [-0.2, -0.15) is 0 Å². The fourth-order valence-electron chi connectivity index (χ4n) is 4.70. The molecule has 1 atom stereocenters. The van der Waals surface area contributed by atoms with Gasteiger partial charge in [-0.3, -0.25) is 19.1 Å². The topological polar surface area (TPSA) is 106 Å². The molecular formula is C29H22N6O2. The van der Waals surface area contributed by atoms with Crippen LogP contribution >= 0.6 is 0 Å². The highest BCUT2D eigenvalue weighted by molar-refractivity contribution is 5.96. The molecule has 6 rings (SSSR count). The first-order valence-corrected chi connectivity index (χ1v) is 11.9. The number of nitrogens with one attached hydrogen (secondary N) is 2. The van der Waals surface area contributed by atoms with E-state index in [2.05, 4.69) is 25.3 Å². The summed E-state index contributed by atoms with van der Waals surface area (Å²) >= 11 is 0. The maximum Gasteiger partial charge on any atom is 0.263 e. The van der Waals surface area contributed by atoms with E-state index in [4.69, 9.17) is 0 Å². The minimum absolute atomic E-state index is 0.141. The third kappa shape index (κ3) is 3.94. The van der Waals surface area contributed by atoms with Crippen molar-refractivity contribution in [2.24, 2.45) is 0 Å². The van der Waals surface area contributed by atoms with Crippen molar-refractivity contribution in [2.45, 2.75) is 13.0 Å². The molecular weight excluding hydrogens is 464 g/mol. The molecule has 0 fully saturated rings. The van der Waals surface area contributed by atoms with E-state index in [0.29, 0.717) is 22.2 Å². The lowest BCUT2D eigenvalue weighted by Crippen LogP contribution is -2.26. The van der Waals surface area contributed by atoms with Crippen molar-refractivity contribution in [3.8, 4) is 16.8 Å². The Morgan fingerprint density at radius 1 is 0.919 bits per heavy atom. The Labute approximate surface area is 211 Å². The summed E-state index contributed by atoms with van der Waals surface area (Å²) in [6.07, 6.45) is 6.43. The number of para-hydroxylation sites is 1. The highest BCUT2D eigenvalue weighted by Gasteiger charge is 2.20. The van der Waals surface area contributed by atoms with Crippen LogP contribution in [0.3, 0.4) is 0 Å². The van der Waals surface area contributed by atoms with Crippen LogP contribution in [0.15, 0.2) is 107 Å². The molecule has 2 aromatic carbocycles. The molecule has 0 aliphatic carbocycles. The van der Waals surface area contributed by atoms with Crippen molar-refractivity contribution in [1.82, 2.24) is 24.5 Å². The molecule has 0 aliphatic rings. The average molecular weight is 487 g/mol. The van der Waals surface area contributed by atoms with E-state index in [1.165, 1.54) is 12.4 Å². The summed E-state index contributed by atoms with van der Waals surface area (Å²) in [5, 5.41) is 5.14. The summed E-state index contributed by atoms with van der Waals surface area (Å²) in [5.74, 6) is 0.399. The van der Waals surface area contributed by atoms with E-state index < -0.39 is 0 Å². The lowest BCUT2D eigenvalue weighted by molar-refractivity contribution is 0.774. The predicted molar refractivity (Wildman–Crippen MR) is 145 cm³/mol. The molecule has 0 saturated heterocycles. The monoisotopic (exact) mass is 486 g/mol. The van der Waals surface area contributed by atoms with Crippen LogP contribution in [0.4, 0.5) is 5.82 Å². The summed E-state index contributed by atoms with van der Waals surface area (Å²) in [7, 11) is 0. The Balaban J connectivity index is 1.58. The van der Waals surface area contributed by atoms with Gasteiger partial charge in [-0.15, -0.1) is 0 Å². The van der Waals surface area contributed by atoms with Gasteiger partial charge >= 0.3 is 0 Å². The maximum absolute atomic E-state index is 14.2. The van der Waals surface area contributed by atoms with Crippen molar-refractivity contribution in [3.63, 3.8) is 0 Å². The molecule has 0 saturated carbocycles. The van der Waals surface area contributed by atoms with E-state index in [-0.39, 0.29) is 17.0 Å². The van der Waals surface area contributed by atoms with Crippen LogP contribution in [0, 0.1) is 0 Å². The van der Waals surface area contributed by atoms with Crippen LogP contribution in [0.1, 0.15) is 18.7 Å². The van der Waals surface area contributed by atoms with Crippen LogP contribution in [-0.2, 0) is 0 Å². The molecule has 8 nitrogen and oxygen atoms in total. The normalized spacial score (nSPS) is 12.0. The quantitative estimate of drug-likeness (QED) is 0.361.